The quantitative estimate of drug-likeness (QED) is 0.872. The molecule has 1 aromatic heterocycles. The number of carbonyl (C=O) groups is 2. The van der Waals surface area contributed by atoms with E-state index >= 15 is 0 Å². The third-order valence-electron chi connectivity index (χ3n) is 4.10. The van der Waals surface area contributed by atoms with Gasteiger partial charge in [-0.1, -0.05) is 0 Å². The number of hydrogen-bond acceptors (Lipinski definition) is 2. The molecule has 0 aromatic carbocycles. The summed E-state index contributed by atoms with van der Waals surface area (Å²) in [6.07, 6.45) is 1.88. The molecular weight excluding hydrogens is 244 g/mol. The summed E-state index contributed by atoms with van der Waals surface area (Å²) < 4.78 is 2.04. The minimum Gasteiger partial charge on any atom is -0.480 e. The summed E-state index contributed by atoms with van der Waals surface area (Å²) in [4.78, 5) is 23.5. The molecule has 1 heterocycles. The maximum absolute atomic E-state index is 12.3. The summed E-state index contributed by atoms with van der Waals surface area (Å²) in [5.74, 6) is -1.22. The van der Waals surface area contributed by atoms with Gasteiger partial charge in [0.15, 0.2) is 0 Å². The van der Waals surface area contributed by atoms with E-state index < -0.39 is 11.5 Å². The number of hydrogen-bond donors (Lipinski definition) is 2. The lowest BCUT2D eigenvalue weighted by Gasteiger charge is -2.38. The van der Waals surface area contributed by atoms with Crippen molar-refractivity contribution in [1.82, 2.24) is 9.88 Å². The van der Waals surface area contributed by atoms with Crippen LogP contribution in [-0.4, -0.2) is 27.1 Å². The second-order valence-corrected chi connectivity index (χ2v) is 5.22. The van der Waals surface area contributed by atoms with Crippen LogP contribution >= 0.6 is 0 Å². The molecule has 0 spiro atoms. The smallest absolute Gasteiger partial charge is 0.329 e. The highest BCUT2D eigenvalue weighted by atomic mass is 16.4. The molecule has 1 aliphatic rings. The standard InChI is InChI=1S/C14H20N2O3/c1-4-16-9(2)8-11(10(16)3)12(17)15-14(13(18)19)6-5-7-14/h8H,4-7H2,1-3H3,(H,15,17)(H,18,19). The maximum Gasteiger partial charge on any atom is 0.329 e. The first-order valence-corrected chi connectivity index (χ1v) is 6.64. The van der Waals surface area contributed by atoms with Crippen molar-refractivity contribution in [3.05, 3.63) is 23.0 Å². The second-order valence-electron chi connectivity index (χ2n) is 5.22. The van der Waals surface area contributed by atoms with Gasteiger partial charge in [-0.3, -0.25) is 4.79 Å². The highest BCUT2D eigenvalue weighted by Gasteiger charge is 2.46. The molecule has 0 atom stereocenters. The number of nitrogens with zero attached hydrogens (tertiary/aromatic N) is 1. The van der Waals surface area contributed by atoms with Crippen LogP contribution in [0.2, 0.25) is 0 Å². The van der Waals surface area contributed by atoms with Crippen LogP contribution in [0.5, 0.6) is 0 Å². The van der Waals surface area contributed by atoms with Crippen molar-refractivity contribution in [2.75, 3.05) is 0 Å². The Bertz CT molecular complexity index is 527. The van der Waals surface area contributed by atoms with Gasteiger partial charge in [-0.05, 0) is 46.1 Å². The van der Waals surface area contributed by atoms with Gasteiger partial charge >= 0.3 is 5.97 Å². The molecule has 104 valence electrons. The average molecular weight is 264 g/mol. The van der Waals surface area contributed by atoms with Crippen LogP contribution in [0.15, 0.2) is 6.07 Å². The van der Waals surface area contributed by atoms with E-state index in [9.17, 15) is 14.7 Å². The van der Waals surface area contributed by atoms with E-state index in [1.54, 1.807) is 0 Å². The molecule has 19 heavy (non-hydrogen) atoms. The van der Waals surface area contributed by atoms with Crippen LogP contribution < -0.4 is 5.32 Å². The maximum atomic E-state index is 12.3. The molecule has 0 saturated heterocycles. The lowest BCUT2D eigenvalue weighted by atomic mass is 9.76. The Balaban J connectivity index is 2.23. The first-order valence-electron chi connectivity index (χ1n) is 6.64. The number of aromatic nitrogens is 1. The third kappa shape index (κ3) is 2.13. The summed E-state index contributed by atoms with van der Waals surface area (Å²) in [6, 6.07) is 1.82. The van der Waals surface area contributed by atoms with E-state index in [2.05, 4.69) is 5.32 Å². The van der Waals surface area contributed by atoms with E-state index in [4.69, 9.17) is 0 Å². The van der Waals surface area contributed by atoms with Crippen LogP contribution in [0.4, 0.5) is 0 Å². The number of aryl methyl sites for hydroxylation is 1. The SMILES string of the molecule is CCn1c(C)cc(C(=O)NC2(C(=O)O)CCC2)c1C. The molecule has 1 saturated carbocycles. The van der Waals surface area contributed by atoms with Gasteiger partial charge in [-0.15, -0.1) is 0 Å². The molecular formula is C14H20N2O3. The molecule has 1 amide bonds. The fourth-order valence-electron chi connectivity index (χ4n) is 2.72. The predicted octanol–water partition coefficient (Wildman–Crippen LogP) is 1.86. The Morgan fingerprint density at radius 1 is 1.42 bits per heavy atom. The van der Waals surface area contributed by atoms with Gasteiger partial charge in [0.25, 0.3) is 5.91 Å². The van der Waals surface area contributed by atoms with E-state index in [1.807, 2.05) is 31.4 Å². The second kappa shape index (κ2) is 4.72. The van der Waals surface area contributed by atoms with Crippen molar-refractivity contribution >= 4 is 11.9 Å². The topological polar surface area (TPSA) is 71.3 Å². The van der Waals surface area contributed by atoms with Crippen molar-refractivity contribution in [3.63, 3.8) is 0 Å². The molecule has 1 aromatic rings. The fourth-order valence-corrected chi connectivity index (χ4v) is 2.72. The first kappa shape index (κ1) is 13.6. The zero-order chi connectivity index (χ0) is 14.2. The molecule has 2 N–H and O–H groups in total. The van der Waals surface area contributed by atoms with Gasteiger partial charge in [0.2, 0.25) is 0 Å². The number of carboxylic acid groups (broad SMARTS) is 1. The molecule has 5 nitrogen and oxygen atoms in total. The Morgan fingerprint density at radius 3 is 2.42 bits per heavy atom. The average Bonchev–Trinajstić information content (AvgIpc) is 2.58. The molecule has 1 fully saturated rings. The molecule has 1 aliphatic carbocycles. The molecule has 0 aliphatic heterocycles. The number of rotatable bonds is 4. The summed E-state index contributed by atoms with van der Waals surface area (Å²) in [5.41, 5.74) is 1.43. The summed E-state index contributed by atoms with van der Waals surface area (Å²) in [7, 11) is 0. The Kier molecular flexibility index (Phi) is 3.39. The summed E-state index contributed by atoms with van der Waals surface area (Å²) >= 11 is 0. The van der Waals surface area contributed by atoms with Gasteiger partial charge < -0.3 is 15.0 Å². The monoisotopic (exact) mass is 264 g/mol. The van der Waals surface area contributed by atoms with Gasteiger partial charge in [-0.25, -0.2) is 4.79 Å². The van der Waals surface area contributed by atoms with Crippen molar-refractivity contribution in [2.45, 2.75) is 52.1 Å². The third-order valence-corrected chi connectivity index (χ3v) is 4.10. The van der Waals surface area contributed by atoms with Crippen LogP contribution in [-0.2, 0) is 11.3 Å². The Morgan fingerprint density at radius 2 is 2.05 bits per heavy atom. The minimum atomic E-state index is -1.05. The molecule has 5 heteroatoms. The van der Waals surface area contributed by atoms with Gasteiger partial charge in [0.05, 0.1) is 5.56 Å². The van der Waals surface area contributed by atoms with Crippen molar-refractivity contribution in [3.8, 4) is 0 Å². The lowest BCUT2D eigenvalue weighted by Crippen LogP contribution is -2.59. The summed E-state index contributed by atoms with van der Waals surface area (Å²) in [5, 5.41) is 11.9. The zero-order valence-electron chi connectivity index (χ0n) is 11.6. The lowest BCUT2D eigenvalue weighted by molar-refractivity contribution is -0.148. The van der Waals surface area contributed by atoms with E-state index in [0.29, 0.717) is 18.4 Å². The number of nitrogens with one attached hydrogen (secondary N) is 1. The Hall–Kier alpha value is -1.78. The highest BCUT2D eigenvalue weighted by molar-refractivity contribution is 5.99. The van der Waals surface area contributed by atoms with Crippen LogP contribution in [0.25, 0.3) is 0 Å². The van der Waals surface area contributed by atoms with Gasteiger partial charge in [0, 0.05) is 17.9 Å². The van der Waals surface area contributed by atoms with E-state index in [-0.39, 0.29) is 5.91 Å². The normalized spacial score (nSPS) is 16.8. The van der Waals surface area contributed by atoms with Crippen molar-refractivity contribution < 1.29 is 14.7 Å². The molecule has 2 rings (SSSR count). The minimum absolute atomic E-state index is 0.282. The van der Waals surface area contributed by atoms with E-state index in [1.165, 1.54) is 0 Å². The van der Waals surface area contributed by atoms with Crippen LogP contribution in [0, 0.1) is 13.8 Å². The predicted molar refractivity (Wildman–Crippen MR) is 71.3 cm³/mol. The number of carbonyl (C=O) groups excluding carboxylic acids is 1. The highest BCUT2D eigenvalue weighted by Crippen LogP contribution is 2.32. The van der Waals surface area contributed by atoms with Crippen molar-refractivity contribution in [1.29, 1.82) is 0 Å². The number of carboxylic acids is 1. The molecule has 0 radical (unpaired) electrons. The van der Waals surface area contributed by atoms with Crippen LogP contribution in [0.1, 0.15) is 47.9 Å². The fraction of sp³-hybridized carbons (Fsp3) is 0.571. The van der Waals surface area contributed by atoms with Crippen LogP contribution in [0.3, 0.4) is 0 Å². The van der Waals surface area contributed by atoms with Gasteiger partial charge in [0.1, 0.15) is 5.54 Å². The number of aliphatic carboxylic acids is 1. The summed E-state index contributed by atoms with van der Waals surface area (Å²) in [6.45, 7) is 6.66. The largest absolute Gasteiger partial charge is 0.480 e. The Labute approximate surface area is 112 Å². The molecule has 0 unspecified atom stereocenters. The first-order chi connectivity index (χ1) is 8.91. The van der Waals surface area contributed by atoms with Crippen molar-refractivity contribution in [2.24, 2.45) is 0 Å². The van der Waals surface area contributed by atoms with Gasteiger partial charge in [-0.2, -0.15) is 0 Å². The zero-order valence-corrected chi connectivity index (χ0v) is 11.6. The molecule has 0 bridgehead atoms. The van der Waals surface area contributed by atoms with E-state index in [0.717, 1.165) is 24.4 Å². The number of amides is 1.